The molecule has 11 N–H and O–H groups in total. The molecule has 0 aliphatic heterocycles. The zero-order chi connectivity index (χ0) is 60.5. The van der Waals surface area contributed by atoms with Gasteiger partial charge in [0.15, 0.2) is 0 Å². The maximum absolute atomic E-state index is 13.0. The van der Waals surface area contributed by atoms with Crippen LogP contribution in [0.25, 0.3) is 0 Å². The molecule has 6 atom stereocenters. The van der Waals surface area contributed by atoms with E-state index in [1.54, 1.807) is 97.0 Å². The first-order valence-corrected chi connectivity index (χ1v) is 34.4. The van der Waals surface area contributed by atoms with Gasteiger partial charge in [-0.3, -0.25) is 32.4 Å². The summed E-state index contributed by atoms with van der Waals surface area (Å²) >= 11 is 0. The van der Waals surface area contributed by atoms with Gasteiger partial charge >= 0.3 is 73.2 Å². The molecule has 440 valence electrons. The number of hydrogen-bond donors (Lipinski definition) is 11. The van der Waals surface area contributed by atoms with Gasteiger partial charge in [0.25, 0.3) is 0 Å². The van der Waals surface area contributed by atoms with Crippen LogP contribution < -0.4 is 19.2 Å². The fraction of sp³-hybridized carbons (Fsp3) is 0.641. The van der Waals surface area contributed by atoms with E-state index < -0.39 is 100 Å². The van der Waals surface area contributed by atoms with E-state index in [4.69, 9.17) is 52.9 Å². The van der Waals surface area contributed by atoms with E-state index in [1.807, 2.05) is 12.1 Å². The molecule has 2 aromatic carbocycles. The molecule has 36 heteroatoms. The average Bonchev–Trinajstić information content (AvgIpc) is 3.17. The number of phosphoric acid groups is 3. The van der Waals surface area contributed by atoms with Gasteiger partial charge in [-0.05, 0) is 107 Å². The minimum Gasteiger partial charge on any atom is -0.468 e. The van der Waals surface area contributed by atoms with Crippen molar-refractivity contribution in [1.29, 1.82) is 0 Å². The second-order valence-electron chi connectivity index (χ2n) is 19.6. The summed E-state index contributed by atoms with van der Waals surface area (Å²) in [7, 11) is -32.0. The normalized spacial score (nSPS) is 16.9. The van der Waals surface area contributed by atoms with Crippen LogP contribution in [0.4, 0.5) is 0 Å². The van der Waals surface area contributed by atoms with E-state index in [0.29, 0.717) is 11.5 Å². The van der Waals surface area contributed by atoms with Crippen molar-refractivity contribution in [2.24, 2.45) is 0 Å². The third kappa shape index (κ3) is 31.6. The lowest BCUT2D eigenvalue weighted by atomic mass is 10.1. The van der Waals surface area contributed by atoms with E-state index in [2.05, 4.69) is 27.8 Å². The molecule has 75 heavy (non-hydrogen) atoms. The summed E-state index contributed by atoms with van der Waals surface area (Å²) < 4.78 is 122. The number of para-hydroxylation sites is 2. The molecular weight excluding hydrogens is 1160 g/mol. The van der Waals surface area contributed by atoms with Crippen molar-refractivity contribution < 1.29 is 122 Å². The highest BCUT2D eigenvalue weighted by Gasteiger charge is 2.46. The highest BCUT2D eigenvalue weighted by molar-refractivity contribution is 7.68. The molecule has 6 unspecified atom stereocenters. The number of esters is 2. The van der Waals surface area contributed by atoms with Crippen LogP contribution >= 0.6 is 61.3 Å². The molecule has 2 aromatic rings. The molecule has 0 saturated carbocycles. The minimum atomic E-state index is -5.31. The first kappa shape index (κ1) is 77.5. The third-order valence-electron chi connectivity index (χ3n) is 8.60. The Morgan fingerprint density at radius 1 is 0.480 bits per heavy atom. The maximum Gasteiger partial charge on any atom is 0.488 e. The number of nitrogens with one attached hydrogen (secondary N) is 2. The van der Waals surface area contributed by atoms with Gasteiger partial charge in [0.05, 0.1) is 41.0 Å². The van der Waals surface area contributed by atoms with Gasteiger partial charge in [-0.2, -0.15) is 4.31 Å². The van der Waals surface area contributed by atoms with Gasteiger partial charge in [-0.25, -0.2) is 32.5 Å². The van der Waals surface area contributed by atoms with E-state index in [0.717, 1.165) is 0 Å². The van der Waals surface area contributed by atoms with Gasteiger partial charge in [-0.15, -0.1) is 0 Å². The summed E-state index contributed by atoms with van der Waals surface area (Å²) in [4.78, 5) is 100. The number of carbonyl (C=O) groups is 2. The van der Waals surface area contributed by atoms with Crippen LogP contribution in [0.3, 0.4) is 0 Å². The second-order valence-corrected chi connectivity index (χ2v) is 36.9. The van der Waals surface area contributed by atoms with E-state index in [1.165, 1.54) is 76.5 Å². The third-order valence-corrected chi connectivity index (χ3v) is 24.2. The van der Waals surface area contributed by atoms with Crippen LogP contribution in [0.1, 0.15) is 111 Å². The van der Waals surface area contributed by atoms with Gasteiger partial charge in [0.1, 0.15) is 23.1 Å². The quantitative estimate of drug-likeness (QED) is 0.0489. The summed E-state index contributed by atoms with van der Waals surface area (Å²) in [6.07, 6.45) is 0. The molecule has 28 nitrogen and oxygen atoms in total. The van der Waals surface area contributed by atoms with Crippen LogP contribution in [-0.4, -0.2) is 109 Å². The van der Waals surface area contributed by atoms with Crippen LogP contribution in [0.5, 0.6) is 11.5 Å². The number of ether oxygens (including phenoxy) is 2. The first-order chi connectivity index (χ1) is 33.0. The first-order valence-electron chi connectivity index (χ1n) is 21.7. The second kappa shape index (κ2) is 30.2. The predicted octanol–water partition coefficient (Wildman–Crippen LogP) is 9.26. The summed E-state index contributed by atoms with van der Waals surface area (Å²) in [5.74, 6) is 0.0365. The van der Waals surface area contributed by atoms with Crippen molar-refractivity contribution in [3.05, 3.63) is 60.7 Å². The molecule has 0 aliphatic rings. The SMILES string of the molecule is CC(C)(C)P(=O)(O)O.CC(C)(C)P(=O)(O)OP(=O)(O)O.CC(C)(C)P(=O)(O)OP(=O)(O)OP(=O)(O)O.COC(=O)C(C)(C)NP(=O)(Oc1ccccc1)C(C)C.COC(=O)C(C)NP(=O)(Oc1ccccc1)C(C)C. The van der Waals surface area contributed by atoms with Crippen molar-refractivity contribution in [1.82, 2.24) is 10.2 Å². The maximum atomic E-state index is 13.0. The lowest BCUT2D eigenvalue weighted by Gasteiger charge is -2.31. The van der Waals surface area contributed by atoms with Gasteiger partial charge < -0.3 is 62.6 Å². The van der Waals surface area contributed by atoms with Crippen LogP contribution in [0.2, 0.25) is 0 Å². The van der Waals surface area contributed by atoms with Crippen molar-refractivity contribution in [2.45, 2.75) is 149 Å². The van der Waals surface area contributed by atoms with Crippen molar-refractivity contribution >= 4 is 73.2 Å². The molecule has 2 rings (SSSR count). The van der Waals surface area contributed by atoms with E-state index in [9.17, 15) is 51.0 Å². The van der Waals surface area contributed by atoms with Crippen LogP contribution in [0.15, 0.2) is 60.7 Å². The Hall–Kier alpha value is -1.74. The lowest BCUT2D eigenvalue weighted by Crippen LogP contribution is -2.47. The fourth-order valence-corrected chi connectivity index (χ4v) is 12.8. The van der Waals surface area contributed by atoms with Gasteiger partial charge in [0.2, 0.25) is 0 Å². The van der Waals surface area contributed by atoms with Crippen LogP contribution in [-0.2, 0) is 68.5 Å². The summed E-state index contributed by atoms with van der Waals surface area (Å²) in [5.41, 5.74) is -1.64. The number of benzene rings is 2. The molecule has 0 bridgehead atoms. The molecule has 0 saturated heterocycles. The van der Waals surface area contributed by atoms with Gasteiger partial charge in [-0.1, -0.05) is 64.1 Å². The van der Waals surface area contributed by atoms with E-state index >= 15 is 0 Å². The van der Waals surface area contributed by atoms with E-state index in [-0.39, 0.29) is 11.3 Å². The number of carbonyl (C=O) groups excluding carboxylic acids is 2. The highest BCUT2D eigenvalue weighted by atomic mass is 31.3. The average molecular weight is 1240 g/mol. The van der Waals surface area contributed by atoms with Crippen LogP contribution in [0, 0.1) is 0 Å². The predicted molar refractivity (Wildman–Crippen MR) is 282 cm³/mol. The Bertz CT molecular complexity index is 2490. The standard InChI is InChI=1S/C14H22NO4P.C13H20NO4P.C4H13O9P3.C4H12O6P2.C4H11O3P/c1-11(2)20(17,15-14(3,4)13(16)18-5)19-12-9-7-6-8-10-12;1-10(2)19(16,14-11(3)13(15)17-4)18-12-8-6-5-7-9-12;1-4(2,3)14(5,6)12-16(10,11)13-15(7,8)9;1-4(2,3)11(5,6)10-12(7,8)9;1-4(2,3)8(5,6)7/h6-11H,1-5H3,(H,15,17);5-11H,1-4H3,(H,14,16);1-3H3,(H,5,6)(H,10,11)(H2,7,8,9);1-3H3,(H,5,6)(H2,7,8,9);1-3H3,(H2,5,6,7). The zero-order valence-electron chi connectivity index (χ0n) is 45.0. The number of methoxy groups -OCH3 is 2. The minimum absolute atomic E-state index is 0.264. The monoisotopic (exact) mass is 1240 g/mol. The molecule has 0 aliphatic carbocycles. The summed E-state index contributed by atoms with van der Waals surface area (Å²) in [5, 5.41) is 2.08. The van der Waals surface area contributed by atoms with Gasteiger partial charge in [0, 0.05) is 0 Å². The summed E-state index contributed by atoms with van der Waals surface area (Å²) in [6, 6.07) is 17.1. The summed E-state index contributed by atoms with van der Waals surface area (Å²) in [6.45, 7) is 24.2. The largest absolute Gasteiger partial charge is 0.488 e. The molecule has 0 radical (unpaired) electrons. The van der Waals surface area contributed by atoms with Crippen molar-refractivity contribution in [2.75, 3.05) is 14.2 Å². The smallest absolute Gasteiger partial charge is 0.468 e. The lowest BCUT2D eigenvalue weighted by molar-refractivity contribution is -0.146. The highest BCUT2D eigenvalue weighted by Crippen LogP contribution is 2.70. The Kier molecular flexibility index (Phi) is 31.2. The number of rotatable bonds is 18. The van der Waals surface area contributed by atoms with Crippen molar-refractivity contribution in [3.8, 4) is 11.5 Å². The molecule has 0 amide bonds. The molecule has 0 aromatic heterocycles. The molecule has 0 spiro atoms. The number of hydrogen-bond acceptors (Lipinski definition) is 17. The molecular formula is C39H78N2O26P8. The molecule has 0 fully saturated rings. The topological polar surface area (TPSA) is 441 Å². The molecule has 0 heterocycles. The Morgan fingerprint density at radius 2 is 0.800 bits per heavy atom. The van der Waals surface area contributed by atoms with Crippen molar-refractivity contribution in [3.63, 3.8) is 0 Å². The Balaban J connectivity index is -0.000000890. The Labute approximate surface area is 439 Å². The zero-order valence-corrected chi connectivity index (χ0v) is 52.2. The fourth-order valence-electron chi connectivity index (χ4n) is 3.68. The Morgan fingerprint density at radius 3 is 1.05 bits per heavy atom.